The molecule has 0 bridgehead atoms. The molecular weight excluding hydrogens is 326 g/mol. The average Bonchev–Trinajstić information content (AvgIpc) is 3.23. The predicted octanol–water partition coefficient (Wildman–Crippen LogP) is 4.26. The highest BCUT2D eigenvalue weighted by atomic mass is 35.5. The quantitative estimate of drug-likeness (QED) is 0.545. The van der Waals surface area contributed by atoms with Gasteiger partial charge in [-0.1, -0.05) is 23.7 Å². The summed E-state index contributed by atoms with van der Waals surface area (Å²) in [5.74, 6) is 0.548. The molecule has 0 aliphatic rings. The van der Waals surface area contributed by atoms with Crippen molar-refractivity contribution < 1.29 is 9.15 Å². The van der Waals surface area contributed by atoms with Gasteiger partial charge in [0.1, 0.15) is 0 Å². The molecule has 5 nitrogen and oxygen atoms in total. The van der Waals surface area contributed by atoms with Crippen LogP contribution in [0.1, 0.15) is 5.56 Å². The van der Waals surface area contributed by atoms with Gasteiger partial charge in [-0.15, -0.1) is 5.10 Å². The van der Waals surface area contributed by atoms with Crippen molar-refractivity contribution in [2.45, 2.75) is 6.42 Å². The van der Waals surface area contributed by atoms with Crippen molar-refractivity contribution in [1.82, 2.24) is 14.6 Å². The van der Waals surface area contributed by atoms with Crippen molar-refractivity contribution in [3.05, 3.63) is 71.8 Å². The molecule has 0 unspecified atom stereocenters. The fraction of sp³-hybridized carbons (Fsp3) is 0.111. The summed E-state index contributed by atoms with van der Waals surface area (Å²) in [5.41, 5.74) is 3.67. The lowest BCUT2D eigenvalue weighted by Gasteiger charge is -2.06. The van der Waals surface area contributed by atoms with Gasteiger partial charge in [0.15, 0.2) is 5.65 Å². The zero-order valence-electron chi connectivity index (χ0n) is 12.7. The Hall–Kier alpha value is -2.79. The fourth-order valence-corrected chi connectivity index (χ4v) is 2.72. The molecule has 3 heterocycles. The maximum atomic E-state index is 5.99. The van der Waals surface area contributed by atoms with Crippen LogP contribution >= 0.6 is 11.6 Å². The molecule has 0 aliphatic heterocycles. The zero-order valence-corrected chi connectivity index (χ0v) is 13.5. The number of rotatable bonds is 5. The summed E-state index contributed by atoms with van der Waals surface area (Å²) in [6, 6.07) is 13.3. The molecule has 0 aliphatic carbocycles. The molecule has 0 saturated heterocycles. The van der Waals surface area contributed by atoms with Crippen LogP contribution in [-0.2, 0) is 6.42 Å². The van der Waals surface area contributed by atoms with Gasteiger partial charge in [-0.3, -0.25) is 0 Å². The Balaban J connectivity index is 1.51. The van der Waals surface area contributed by atoms with Crippen LogP contribution in [0.2, 0.25) is 5.02 Å². The van der Waals surface area contributed by atoms with Gasteiger partial charge in [-0.05, 0) is 29.8 Å². The van der Waals surface area contributed by atoms with E-state index < -0.39 is 0 Å². The first kappa shape index (κ1) is 14.8. The first-order valence-electron chi connectivity index (χ1n) is 7.54. The molecule has 0 fully saturated rings. The fourth-order valence-electron chi connectivity index (χ4n) is 2.51. The van der Waals surface area contributed by atoms with E-state index in [9.17, 15) is 0 Å². The van der Waals surface area contributed by atoms with Gasteiger partial charge in [0.05, 0.1) is 31.0 Å². The van der Waals surface area contributed by atoms with E-state index in [4.69, 9.17) is 20.8 Å². The minimum atomic E-state index is 0.522. The second-order valence-corrected chi connectivity index (χ2v) is 5.76. The van der Waals surface area contributed by atoms with Gasteiger partial charge in [0.25, 0.3) is 0 Å². The second kappa shape index (κ2) is 6.37. The van der Waals surface area contributed by atoms with Gasteiger partial charge in [0, 0.05) is 23.1 Å². The number of furan rings is 1. The van der Waals surface area contributed by atoms with Crippen LogP contribution in [0.4, 0.5) is 0 Å². The van der Waals surface area contributed by atoms with E-state index in [1.165, 1.54) is 0 Å². The van der Waals surface area contributed by atoms with E-state index in [1.54, 1.807) is 23.2 Å². The lowest BCUT2D eigenvalue weighted by molar-refractivity contribution is 0.305. The first-order chi connectivity index (χ1) is 11.8. The van der Waals surface area contributed by atoms with Crippen LogP contribution in [0, 0.1) is 0 Å². The predicted molar refractivity (Wildman–Crippen MR) is 91.3 cm³/mol. The Morgan fingerprint density at radius 1 is 1.17 bits per heavy atom. The second-order valence-electron chi connectivity index (χ2n) is 5.33. The minimum Gasteiger partial charge on any atom is -0.476 e. The number of hydrogen-bond donors (Lipinski definition) is 0. The molecule has 120 valence electrons. The molecule has 3 aromatic heterocycles. The van der Waals surface area contributed by atoms with Crippen molar-refractivity contribution in [2.24, 2.45) is 0 Å². The number of hydrogen-bond acceptors (Lipinski definition) is 4. The van der Waals surface area contributed by atoms with Crippen LogP contribution in [0.25, 0.3) is 16.9 Å². The molecular formula is C18H14ClN3O2. The summed E-state index contributed by atoms with van der Waals surface area (Å²) >= 11 is 5.99. The summed E-state index contributed by atoms with van der Waals surface area (Å²) in [5, 5.41) is 5.24. The summed E-state index contributed by atoms with van der Waals surface area (Å²) in [6.07, 6.45) is 5.82. The van der Waals surface area contributed by atoms with Crippen LogP contribution < -0.4 is 4.74 Å². The van der Waals surface area contributed by atoms with Crippen molar-refractivity contribution in [1.29, 1.82) is 0 Å². The van der Waals surface area contributed by atoms with Crippen molar-refractivity contribution in [2.75, 3.05) is 6.61 Å². The van der Waals surface area contributed by atoms with E-state index in [2.05, 4.69) is 10.1 Å². The van der Waals surface area contributed by atoms with Crippen molar-refractivity contribution in [3.63, 3.8) is 0 Å². The molecule has 6 heteroatoms. The topological polar surface area (TPSA) is 52.6 Å². The Bertz CT molecular complexity index is 963. The molecule has 1 aromatic carbocycles. The SMILES string of the molecule is Clc1cccc(CCOc2ccc3ncc(-c4ccoc4)n3n2)c1. The zero-order chi connectivity index (χ0) is 16.4. The van der Waals surface area contributed by atoms with Crippen molar-refractivity contribution >= 4 is 17.2 Å². The number of benzene rings is 1. The maximum absolute atomic E-state index is 5.99. The van der Waals surface area contributed by atoms with E-state index in [-0.39, 0.29) is 0 Å². The van der Waals surface area contributed by atoms with Crippen LogP contribution in [-0.4, -0.2) is 21.2 Å². The summed E-state index contributed by atoms with van der Waals surface area (Å²) in [6.45, 7) is 0.522. The Kier molecular flexibility index (Phi) is 3.92. The van der Waals surface area contributed by atoms with Crippen molar-refractivity contribution in [3.8, 4) is 17.1 Å². The van der Waals surface area contributed by atoms with E-state index in [0.717, 1.165) is 33.9 Å². The summed E-state index contributed by atoms with van der Waals surface area (Å²) in [7, 11) is 0. The van der Waals surface area contributed by atoms with Gasteiger partial charge in [-0.25, -0.2) is 9.50 Å². The lowest BCUT2D eigenvalue weighted by Crippen LogP contribution is -2.05. The third-order valence-corrected chi connectivity index (χ3v) is 3.92. The lowest BCUT2D eigenvalue weighted by atomic mass is 10.2. The average molecular weight is 340 g/mol. The molecule has 0 radical (unpaired) electrons. The van der Waals surface area contributed by atoms with Crippen LogP contribution in [0.3, 0.4) is 0 Å². The number of nitrogens with zero attached hydrogens (tertiary/aromatic N) is 3. The normalized spacial score (nSPS) is 11.0. The van der Waals surface area contributed by atoms with Gasteiger partial charge in [-0.2, -0.15) is 0 Å². The van der Waals surface area contributed by atoms with E-state index >= 15 is 0 Å². The van der Waals surface area contributed by atoms with Gasteiger partial charge in [0.2, 0.25) is 5.88 Å². The Morgan fingerprint density at radius 3 is 2.96 bits per heavy atom. The van der Waals surface area contributed by atoms with E-state index in [1.807, 2.05) is 42.5 Å². The van der Waals surface area contributed by atoms with Gasteiger partial charge < -0.3 is 9.15 Å². The largest absolute Gasteiger partial charge is 0.476 e. The third kappa shape index (κ3) is 2.98. The molecule has 0 amide bonds. The molecule has 0 spiro atoms. The molecule has 24 heavy (non-hydrogen) atoms. The minimum absolute atomic E-state index is 0.522. The number of ether oxygens (including phenoxy) is 1. The highest BCUT2D eigenvalue weighted by Gasteiger charge is 2.09. The Morgan fingerprint density at radius 2 is 2.12 bits per heavy atom. The van der Waals surface area contributed by atoms with Crippen LogP contribution in [0.5, 0.6) is 5.88 Å². The molecule has 4 rings (SSSR count). The molecule has 0 atom stereocenters. The number of aromatic nitrogens is 3. The highest BCUT2D eigenvalue weighted by molar-refractivity contribution is 6.30. The maximum Gasteiger partial charge on any atom is 0.231 e. The monoisotopic (exact) mass is 339 g/mol. The number of imidazole rings is 1. The molecule has 0 N–H and O–H groups in total. The van der Waals surface area contributed by atoms with Gasteiger partial charge >= 0.3 is 0 Å². The Labute approximate surface area is 143 Å². The first-order valence-corrected chi connectivity index (χ1v) is 7.92. The van der Waals surface area contributed by atoms with Crippen LogP contribution in [0.15, 0.2) is 65.6 Å². The van der Waals surface area contributed by atoms with E-state index in [0.29, 0.717) is 12.5 Å². The smallest absolute Gasteiger partial charge is 0.231 e. The highest BCUT2D eigenvalue weighted by Crippen LogP contribution is 2.21. The standard InChI is InChI=1S/C18H14ClN3O2/c19-15-3-1-2-13(10-15)6-9-24-18-5-4-17-20-11-16(22(17)21-18)14-7-8-23-12-14/h1-5,7-8,10-12H,6,9H2. The summed E-state index contributed by atoms with van der Waals surface area (Å²) < 4.78 is 12.7. The molecule has 4 aromatic rings. The third-order valence-electron chi connectivity index (χ3n) is 3.68. The summed E-state index contributed by atoms with van der Waals surface area (Å²) in [4.78, 5) is 4.34. The molecule has 0 saturated carbocycles. The number of fused-ring (bicyclic) bond motifs is 1. The number of halogens is 1.